The van der Waals surface area contributed by atoms with E-state index >= 15 is 0 Å². The van der Waals surface area contributed by atoms with E-state index < -0.39 is 0 Å². The van der Waals surface area contributed by atoms with Gasteiger partial charge in [-0.15, -0.1) is 0 Å². The summed E-state index contributed by atoms with van der Waals surface area (Å²) < 4.78 is 5.23. The van der Waals surface area contributed by atoms with Crippen LogP contribution in [0.1, 0.15) is 55.0 Å². The van der Waals surface area contributed by atoms with Gasteiger partial charge in [0, 0.05) is 5.56 Å². The highest BCUT2D eigenvalue weighted by Crippen LogP contribution is 2.42. The highest BCUT2D eigenvalue weighted by atomic mass is 16.5. The average molecular weight is 271 g/mol. The molecule has 0 spiro atoms. The molecule has 1 saturated carbocycles. The van der Waals surface area contributed by atoms with Crippen LogP contribution >= 0.6 is 0 Å². The minimum Gasteiger partial charge on any atom is -0.507 e. The number of hydrogen-bond acceptors (Lipinski definition) is 3. The summed E-state index contributed by atoms with van der Waals surface area (Å²) in [5, 5.41) is 14.7. The van der Waals surface area contributed by atoms with E-state index in [0.29, 0.717) is 11.7 Å². The summed E-state index contributed by atoms with van der Waals surface area (Å²) in [4.78, 5) is 0. The van der Waals surface area contributed by atoms with E-state index in [9.17, 15) is 5.11 Å². The van der Waals surface area contributed by atoms with Gasteiger partial charge in [-0.2, -0.15) is 0 Å². The Kier molecular flexibility index (Phi) is 3.51. The molecule has 1 heterocycles. The first-order valence-corrected chi connectivity index (χ1v) is 7.43. The van der Waals surface area contributed by atoms with Gasteiger partial charge in [-0.05, 0) is 38.2 Å². The number of hydrogen-bond donors (Lipinski definition) is 1. The third kappa shape index (κ3) is 2.21. The van der Waals surface area contributed by atoms with E-state index in [4.69, 9.17) is 4.52 Å². The van der Waals surface area contributed by atoms with Gasteiger partial charge in [-0.1, -0.05) is 42.6 Å². The molecule has 3 rings (SSSR count). The summed E-state index contributed by atoms with van der Waals surface area (Å²) in [6, 6.07) is 6.05. The summed E-state index contributed by atoms with van der Waals surface area (Å²) in [6.45, 7) is 3.81. The molecule has 0 aliphatic heterocycles. The lowest BCUT2D eigenvalue weighted by atomic mass is 9.82. The smallest absolute Gasteiger partial charge is 0.141 e. The Morgan fingerprint density at radius 2 is 1.90 bits per heavy atom. The Bertz CT molecular complexity index is 590. The molecule has 1 N–H and O–H groups in total. The lowest BCUT2D eigenvalue weighted by molar-refractivity contribution is 0.393. The van der Waals surface area contributed by atoms with Crippen LogP contribution in [0.5, 0.6) is 5.75 Å². The Balaban J connectivity index is 2.05. The second-order valence-electron chi connectivity index (χ2n) is 5.78. The molecule has 1 aliphatic rings. The molecule has 2 aromatic rings. The molecule has 20 heavy (non-hydrogen) atoms. The normalized spacial score (nSPS) is 16.5. The molecule has 106 valence electrons. The summed E-state index contributed by atoms with van der Waals surface area (Å²) in [5.41, 5.74) is 3.70. The first-order valence-electron chi connectivity index (χ1n) is 7.43. The Hall–Kier alpha value is -1.77. The van der Waals surface area contributed by atoms with Gasteiger partial charge in [0.25, 0.3) is 0 Å². The van der Waals surface area contributed by atoms with Gasteiger partial charge < -0.3 is 9.63 Å². The number of aromatic nitrogens is 1. The standard InChI is InChI=1S/C17H21NO2/c1-11-16(12(2)20-18-11)15-10-6-9-14(17(15)19)13-7-4-3-5-8-13/h6,9-10,13,19H,3-5,7-8H2,1-2H3. The molecular weight excluding hydrogens is 250 g/mol. The van der Waals surface area contributed by atoms with Crippen LogP contribution in [0.15, 0.2) is 22.7 Å². The van der Waals surface area contributed by atoms with Crippen LogP contribution in [0.2, 0.25) is 0 Å². The number of nitrogens with zero attached hydrogens (tertiary/aromatic N) is 1. The number of phenolic OH excluding ortho intramolecular Hbond substituents is 1. The van der Waals surface area contributed by atoms with Crippen LogP contribution in [-0.2, 0) is 0 Å². The van der Waals surface area contributed by atoms with Crippen molar-refractivity contribution in [3.8, 4) is 16.9 Å². The van der Waals surface area contributed by atoms with Crippen molar-refractivity contribution in [2.45, 2.75) is 51.9 Å². The van der Waals surface area contributed by atoms with Gasteiger partial charge in [0.15, 0.2) is 0 Å². The fourth-order valence-electron chi connectivity index (χ4n) is 3.37. The predicted molar refractivity (Wildman–Crippen MR) is 78.9 cm³/mol. The van der Waals surface area contributed by atoms with Gasteiger partial charge in [0.05, 0.1) is 11.3 Å². The van der Waals surface area contributed by atoms with E-state index in [0.717, 1.165) is 28.1 Å². The van der Waals surface area contributed by atoms with Crippen LogP contribution in [-0.4, -0.2) is 10.3 Å². The third-order valence-corrected chi connectivity index (χ3v) is 4.41. The van der Waals surface area contributed by atoms with Gasteiger partial charge >= 0.3 is 0 Å². The Morgan fingerprint density at radius 3 is 2.55 bits per heavy atom. The zero-order valence-corrected chi connectivity index (χ0v) is 12.1. The molecular formula is C17H21NO2. The van der Waals surface area contributed by atoms with Crippen LogP contribution in [0, 0.1) is 13.8 Å². The molecule has 0 atom stereocenters. The molecule has 3 nitrogen and oxygen atoms in total. The van der Waals surface area contributed by atoms with Crippen molar-refractivity contribution in [2.24, 2.45) is 0 Å². The van der Waals surface area contributed by atoms with E-state index in [2.05, 4.69) is 11.2 Å². The van der Waals surface area contributed by atoms with Crippen molar-refractivity contribution in [3.05, 3.63) is 35.2 Å². The van der Waals surface area contributed by atoms with E-state index in [1.165, 1.54) is 32.1 Å². The molecule has 1 aliphatic carbocycles. The second kappa shape index (κ2) is 5.31. The molecule has 0 unspecified atom stereocenters. The van der Waals surface area contributed by atoms with E-state index in [1.807, 2.05) is 26.0 Å². The lowest BCUT2D eigenvalue weighted by Gasteiger charge is -2.23. The molecule has 1 aromatic carbocycles. The summed E-state index contributed by atoms with van der Waals surface area (Å²) >= 11 is 0. The van der Waals surface area contributed by atoms with Crippen molar-refractivity contribution >= 4 is 0 Å². The number of benzene rings is 1. The summed E-state index contributed by atoms with van der Waals surface area (Å²) in [6.07, 6.45) is 6.21. The molecule has 0 bridgehead atoms. The number of phenols is 1. The largest absolute Gasteiger partial charge is 0.507 e. The monoisotopic (exact) mass is 271 g/mol. The van der Waals surface area contributed by atoms with Crippen LogP contribution in [0.3, 0.4) is 0 Å². The fraction of sp³-hybridized carbons (Fsp3) is 0.471. The topological polar surface area (TPSA) is 46.3 Å². The molecule has 1 fully saturated rings. The molecule has 0 saturated heterocycles. The van der Waals surface area contributed by atoms with Crippen molar-refractivity contribution in [1.29, 1.82) is 0 Å². The maximum absolute atomic E-state index is 10.7. The number of aromatic hydroxyl groups is 1. The van der Waals surface area contributed by atoms with Crippen molar-refractivity contribution in [1.82, 2.24) is 5.16 Å². The minimum atomic E-state index is 0.411. The predicted octanol–water partition coefficient (Wildman–Crippen LogP) is 4.71. The zero-order valence-electron chi connectivity index (χ0n) is 12.1. The number of aryl methyl sites for hydroxylation is 2. The van der Waals surface area contributed by atoms with Gasteiger partial charge in [-0.25, -0.2) is 0 Å². The van der Waals surface area contributed by atoms with Gasteiger partial charge in [0.2, 0.25) is 0 Å². The number of rotatable bonds is 2. The first-order chi connectivity index (χ1) is 9.68. The molecule has 0 amide bonds. The van der Waals surface area contributed by atoms with Gasteiger partial charge in [0.1, 0.15) is 11.5 Å². The van der Waals surface area contributed by atoms with Crippen molar-refractivity contribution < 1.29 is 9.63 Å². The van der Waals surface area contributed by atoms with Crippen LogP contribution in [0.4, 0.5) is 0 Å². The van der Waals surface area contributed by atoms with E-state index in [-0.39, 0.29) is 0 Å². The Morgan fingerprint density at radius 1 is 1.15 bits per heavy atom. The van der Waals surface area contributed by atoms with Crippen LogP contribution in [0.25, 0.3) is 11.1 Å². The van der Waals surface area contributed by atoms with Crippen LogP contribution < -0.4 is 0 Å². The quantitative estimate of drug-likeness (QED) is 0.860. The van der Waals surface area contributed by atoms with Crippen molar-refractivity contribution in [3.63, 3.8) is 0 Å². The highest BCUT2D eigenvalue weighted by molar-refractivity contribution is 5.75. The van der Waals surface area contributed by atoms with E-state index in [1.54, 1.807) is 0 Å². The number of para-hydroxylation sites is 1. The van der Waals surface area contributed by atoms with Gasteiger partial charge in [-0.3, -0.25) is 0 Å². The maximum atomic E-state index is 10.7. The zero-order chi connectivity index (χ0) is 14.1. The third-order valence-electron chi connectivity index (χ3n) is 4.41. The summed E-state index contributed by atoms with van der Waals surface area (Å²) in [7, 11) is 0. The van der Waals surface area contributed by atoms with Crippen molar-refractivity contribution in [2.75, 3.05) is 0 Å². The average Bonchev–Trinajstić information content (AvgIpc) is 2.80. The highest BCUT2D eigenvalue weighted by Gasteiger charge is 2.22. The molecule has 3 heteroatoms. The fourth-order valence-corrected chi connectivity index (χ4v) is 3.37. The molecule has 0 radical (unpaired) electrons. The first kappa shape index (κ1) is 13.2. The minimum absolute atomic E-state index is 0.411. The SMILES string of the molecule is Cc1noc(C)c1-c1cccc(C2CCCCC2)c1O. The maximum Gasteiger partial charge on any atom is 0.141 e. The summed E-state index contributed by atoms with van der Waals surface area (Å²) in [5.74, 6) is 1.66. The second-order valence-corrected chi connectivity index (χ2v) is 5.78. The molecule has 1 aromatic heterocycles. The Labute approximate surface area is 119 Å². The lowest BCUT2D eigenvalue weighted by Crippen LogP contribution is -2.05.